The average molecular weight is 286 g/mol. The SMILES string of the molecule is CCCCCCN(C(=O)CN)C1(O)CCCCOC1=O. The molecule has 1 atom stereocenters. The average Bonchev–Trinajstić information content (AvgIpc) is 2.61. The standard InChI is InChI=1S/C14H26N2O4/c1-2-3-4-6-9-16(12(17)11-15)14(19)8-5-7-10-20-13(14)18/h19H,2-11,15H2,1H3. The number of nitrogens with two attached hydrogens (primary N) is 1. The van der Waals surface area contributed by atoms with Crippen LogP contribution in [0.15, 0.2) is 0 Å². The summed E-state index contributed by atoms with van der Waals surface area (Å²) < 4.78 is 5.00. The molecule has 0 aromatic carbocycles. The van der Waals surface area contributed by atoms with E-state index in [9.17, 15) is 14.7 Å². The summed E-state index contributed by atoms with van der Waals surface area (Å²) in [5, 5.41) is 10.6. The highest BCUT2D eigenvalue weighted by atomic mass is 16.6. The molecule has 0 aromatic heterocycles. The van der Waals surface area contributed by atoms with Crippen molar-refractivity contribution in [2.75, 3.05) is 19.7 Å². The number of esters is 1. The minimum atomic E-state index is -1.85. The van der Waals surface area contributed by atoms with E-state index < -0.39 is 17.6 Å². The zero-order chi connectivity index (χ0) is 15.0. The molecule has 6 heteroatoms. The molecule has 1 unspecified atom stereocenters. The van der Waals surface area contributed by atoms with Crippen molar-refractivity contribution in [2.24, 2.45) is 5.73 Å². The van der Waals surface area contributed by atoms with E-state index in [-0.39, 0.29) is 13.0 Å². The first-order chi connectivity index (χ1) is 9.56. The molecule has 6 nitrogen and oxygen atoms in total. The number of carbonyl (C=O) groups is 2. The van der Waals surface area contributed by atoms with E-state index in [1.165, 1.54) is 4.90 Å². The van der Waals surface area contributed by atoms with Gasteiger partial charge in [-0.05, 0) is 19.3 Å². The lowest BCUT2D eigenvalue weighted by Gasteiger charge is -2.36. The van der Waals surface area contributed by atoms with Crippen molar-refractivity contribution in [3.63, 3.8) is 0 Å². The van der Waals surface area contributed by atoms with Crippen LogP contribution in [0.4, 0.5) is 0 Å². The number of amides is 1. The number of nitrogens with zero attached hydrogens (tertiary/aromatic N) is 1. The molecule has 116 valence electrons. The van der Waals surface area contributed by atoms with Gasteiger partial charge in [-0.2, -0.15) is 0 Å². The Morgan fingerprint density at radius 1 is 1.40 bits per heavy atom. The van der Waals surface area contributed by atoms with E-state index >= 15 is 0 Å². The van der Waals surface area contributed by atoms with Crippen molar-refractivity contribution >= 4 is 11.9 Å². The molecular formula is C14H26N2O4. The molecule has 0 saturated carbocycles. The fourth-order valence-corrected chi connectivity index (χ4v) is 2.42. The summed E-state index contributed by atoms with van der Waals surface area (Å²) >= 11 is 0. The first-order valence-corrected chi connectivity index (χ1v) is 7.46. The van der Waals surface area contributed by atoms with Gasteiger partial charge >= 0.3 is 5.97 Å². The van der Waals surface area contributed by atoms with Gasteiger partial charge in [0.25, 0.3) is 0 Å². The Hall–Kier alpha value is -1.14. The van der Waals surface area contributed by atoms with Gasteiger partial charge in [-0.15, -0.1) is 0 Å². The number of hydrogen-bond acceptors (Lipinski definition) is 5. The van der Waals surface area contributed by atoms with Gasteiger partial charge in [0.05, 0.1) is 13.2 Å². The van der Waals surface area contributed by atoms with Gasteiger partial charge < -0.3 is 20.5 Å². The van der Waals surface area contributed by atoms with Gasteiger partial charge in [0.1, 0.15) is 0 Å². The molecule has 0 aromatic rings. The number of rotatable bonds is 7. The lowest BCUT2D eigenvalue weighted by Crippen LogP contribution is -2.59. The van der Waals surface area contributed by atoms with Crippen molar-refractivity contribution in [2.45, 2.75) is 57.6 Å². The molecule has 1 aliphatic heterocycles. The second kappa shape index (κ2) is 8.21. The second-order valence-electron chi connectivity index (χ2n) is 5.22. The molecule has 1 heterocycles. The van der Waals surface area contributed by atoms with Crippen molar-refractivity contribution < 1.29 is 19.4 Å². The predicted molar refractivity (Wildman–Crippen MR) is 74.7 cm³/mol. The van der Waals surface area contributed by atoms with Gasteiger partial charge in [0, 0.05) is 13.0 Å². The Morgan fingerprint density at radius 2 is 2.15 bits per heavy atom. The van der Waals surface area contributed by atoms with Crippen molar-refractivity contribution in [3.05, 3.63) is 0 Å². The molecule has 0 radical (unpaired) electrons. The highest BCUT2D eigenvalue weighted by Gasteiger charge is 2.46. The third kappa shape index (κ3) is 4.18. The van der Waals surface area contributed by atoms with Crippen LogP contribution in [0.5, 0.6) is 0 Å². The van der Waals surface area contributed by atoms with E-state index in [1.807, 2.05) is 0 Å². The number of unbranched alkanes of at least 4 members (excludes halogenated alkanes) is 3. The summed E-state index contributed by atoms with van der Waals surface area (Å²) in [6.07, 6.45) is 5.40. The highest BCUT2D eigenvalue weighted by molar-refractivity contribution is 5.87. The molecule has 0 spiro atoms. The Balaban J connectivity index is 2.78. The summed E-state index contributed by atoms with van der Waals surface area (Å²) in [4.78, 5) is 25.2. The molecular weight excluding hydrogens is 260 g/mol. The normalized spacial score (nSPS) is 23.1. The first kappa shape index (κ1) is 16.9. The quantitative estimate of drug-likeness (QED) is 0.409. The molecule has 1 fully saturated rings. The maximum atomic E-state index is 12.0. The second-order valence-corrected chi connectivity index (χ2v) is 5.22. The van der Waals surface area contributed by atoms with E-state index in [2.05, 4.69) is 6.92 Å². The zero-order valence-corrected chi connectivity index (χ0v) is 12.3. The van der Waals surface area contributed by atoms with Crippen LogP contribution in [0.1, 0.15) is 51.9 Å². The molecule has 1 amide bonds. The molecule has 1 aliphatic rings. The molecule has 20 heavy (non-hydrogen) atoms. The van der Waals surface area contributed by atoms with E-state index in [0.29, 0.717) is 26.0 Å². The summed E-state index contributed by atoms with van der Waals surface area (Å²) in [5.74, 6) is -1.14. The lowest BCUT2D eigenvalue weighted by molar-refractivity contribution is -0.192. The number of ether oxygens (including phenoxy) is 1. The molecule has 3 N–H and O–H groups in total. The smallest absolute Gasteiger partial charge is 0.359 e. The van der Waals surface area contributed by atoms with Crippen LogP contribution in [-0.2, 0) is 14.3 Å². The van der Waals surface area contributed by atoms with Crippen LogP contribution in [0.3, 0.4) is 0 Å². The van der Waals surface area contributed by atoms with E-state index in [4.69, 9.17) is 10.5 Å². The lowest BCUT2D eigenvalue weighted by atomic mass is 10.0. The maximum absolute atomic E-state index is 12.0. The van der Waals surface area contributed by atoms with Gasteiger partial charge in [-0.1, -0.05) is 26.2 Å². The van der Waals surface area contributed by atoms with Crippen molar-refractivity contribution in [3.8, 4) is 0 Å². The Labute approximate surface area is 120 Å². The monoisotopic (exact) mass is 286 g/mol. The van der Waals surface area contributed by atoms with Crippen LogP contribution in [0, 0.1) is 0 Å². The fraction of sp³-hybridized carbons (Fsp3) is 0.857. The largest absolute Gasteiger partial charge is 0.462 e. The Kier molecular flexibility index (Phi) is 6.95. The van der Waals surface area contributed by atoms with E-state index in [1.54, 1.807) is 0 Å². The first-order valence-electron chi connectivity index (χ1n) is 7.46. The molecule has 0 bridgehead atoms. The maximum Gasteiger partial charge on any atom is 0.359 e. The summed E-state index contributed by atoms with van der Waals surface area (Å²) in [6, 6.07) is 0. The minimum absolute atomic E-state index is 0.214. The fourth-order valence-electron chi connectivity index (χ4n) is 2.42. The summed E-state index contributed by atoms with van der Waals surface area (Å²) in [6.45, 7) is 2.51. The van der Waals surface area contributed by atoms with Crippen LogP contribution >= 0.6 is 0 Å². The van der Waals surface area contributed by atoms with Crippen molar-refractivity contribution in [1.29, 1.82) is 0 Å². The third-order valence-electron chi connectivity index (χ3n) is 3.64. The third-order valence-corrected chi connectivity index (χ3v) is 3.64. The number of aliphatic hydroxyl groups is 1. The Bertz CT molecular complexity index is 335. The van der Waals surface area contributed by atoms with Crippen LogP contribution in [0.2, 0.25) is 0 Å². The predicted octanol–water partition coefficient (Wildman–Crippen LogP) is 0.770. The van der Waals surface area contributed by atoms with Crippen molar-refractivity contribution in [1.82, 2.24) is 4.90 Å². The summed E-state index contributed by atoms with van der Waals surface area (Å²) in [7, 11) is 0. The zero-order valence-electron chi connectivity index (χ0n) is 12.3. The summed E-state index contributed by atoms with van der Waals surface area (Å²) in [5.41, 5.74) is 3.55. The number of carbonyl (C=O) groups excluding carboxylic acids is 2. The van der Waals surface area contributed by atoms with E-state index in [0.717, 1.165) is 25.7 Å². The van der Waals surface area contributed by atoms with Gasteiger partial charge in [-0.3, -0.25) is 4.79 Å². The molecule has 1 rings (SSSR count). The molecule has 1 saturated heterocycles. The van der Waals surface area contributed by atoms with Crippen LogP contribution in [-0.4, -0.2) is 47.3 Å². The number of hydrogen-bond donors (Lipinski definition) is 2. The van der Waals surface area contributed by atoms with Gasteiger partial charge in [0.2, 0.25) is 11.6 Å². The van der Waals surface area contributed by atoms with Gasteiger partial charge in [-0.25, -0.2) is 4.79 Å². The number of cyclic esters (lactones) is 1. The topological polar surface area (TPSA) is 92.9 Å². The molecule has 0 aliphatic carbocycles. The van der Waals surface area contributed by atoms with Gasteiger partial charge in [0.15, 0.2) is 0 Å². The minimum Gasteiger partial charge on any atom is -0.462 e. The Morgan fingerprint density at radius 3 is 2.80 bits per heavy atom. The highest BCUT2D eigenvalue weighted by Crippen LogP contribution is 2.25. The van der Waals surface area contributed by atoms with Crippen LogP contribution in [0.25, 0.3) is 0 Å². The van der Waals surface area contributed by atoms with Crippen LogP contribution < -0.4 is 5.73 Å².